The molecule has 0 atom stereocenters. The molecule has 0 aliphatic carbocycles. The first kappa shape index (κ1) is 11.6. The van der Waals surface area contributed by atoms with Crippen LogP contribution in [0.5, 0.6) is 0 Å². The van der Waals surface area contributed by atoms with Crippen molar-refractivity contribution in [2.45, 2.75) is 0 Å². The predicted octanol–water partition coefficient (Wildman–Crippen LogP) is 2.34. The summed E-state index contributed by atoms with van der Waals surface area (Å²) in [6, 6.07) is 1.82. The zero-order valence-electron chi connectivity index (χ0n) is 7.74. The second-order valence-electron chi connectivity index (χ2n) is 3.50. The standard InChI is InChI=1S/C9H9Br2NO2S/c10-7-1-6(8(11)15-7)9(14)12-2-5(3-12)4-13/h1,5,13H,2-4H2. The van der Waals surface area contributed by atoms with Crippen molar-refractivity contribution in [1.29, 1.82) is 0 Å². The third-order valence-electron chi connectivity index (χ3n) is 2.39. The molecule has 0 bridgehead atoms. The number of thiophene rings is 1. The fraction of sp³-hybridized carbons (Fsp3) is 0.444. The Morgan fingerprint density at radius 1 is 1.60 bits per heavy atom. The lowest BCUT2D eigenvalue weighted by Gasteiger charge is -2.38. The SMILES string of the molecule is O=C(c1cc(Br)sc1Br)N1CC(CO)C1. The lowest BCUT2D eigenvalue weighted by Crippen LogP contribution is -2.51. The van der Waals surface area contributed by atoms with E-state index in [9.17, 15) is 4.79 Å². The van der Waals surface area contributed by atoms with Gasteiger partial charge in [-0.2, -0.15) is 0 Å². The van der Waals surface area contributed by atoms with Crippen LogP contribution in [0.25, 0.3) is 0 Å². The van der Waals surface area contributed by atoms with E-state index >= 15 is 0 Å². The van der Waals surface area contributed by atoms with E-state index in [1.807, 2.05) is 6.07 Å². The Morgan fingerprint density at radius 3 is 2.73 bits per heavy atom. The zero-order chi connectivity index (χ0) is 11.0. The molecular formula is C9H9Br2NO2S. The molecule has 1 fully saturated rings. The zero-order valence-corrected chi connectivity index (χ0v) is 11.7. The molecule has 0 unspecified atom stereocenters. The van der Waals surface area contributed by atoms with Crippen LogP contribution in [-0.2, 0) is 0 Å². The van der Waals surface area contributed by atoms with E-state index in [0.29, 0.717) is 18.7 Å². The molecule has 1 aliphatic heterocycles. The van der Waals surface area contributed by atoms with Crippen LogP contribution in [0.15, 0.2) is 13.6 Å². The van der Waals surface area contributed by atoms with Crippen molar-refractivity contribution in [1.82, 2.24) is 4.90 Å². The maximum Gasteiger partial charge on any atom is 0.255 e. The maximum absolute atomic E-state index is 11.9. The Hall–Kier alpha value is 0.0900. The fourth-order valence-electron chi connectivity index (χ4n) is 1.51. The first-order valence-corrected chi connectivity index (χ1v) is 6.87. The van der Waals surface area contributed by atoms with E-state index in [1.165, 1.54) is 11.3 Å². The summed E-state index contributed by atoms with van der Waals surface area (Å²) in [6.07, 6.45) is 0. The van der Waals surface area contributed by atoms with Gasteiger partial charge in [0.2, 0.25) is 0 Å². The summed E-state index contributed by atoms with van der Waals surface area (Å²) in [7, 11) is 0. The number of carbonyl (C=O) groups excluding carboxylic acids is 1. The summed E-state index contributed by atoms with van der Waals surface area (Å²) in [5.41, 5.74) is 0.697. The molecule has 1 amide bonds. The smallest absolute Gasteiger partial charge is 0.255 e. The van der Waals surface area contributed by atoms with Gasteiger partial charge in [0.05, 0.1) is 13.1 Å². The molecular weight excluding hydrogens is 346 g/mol. The van der Waals surface area contributed by atoms with Crippen molar-refractivity contribution in [3.05, 3.63) is 19.2 Å². The molecule has 3 nitrogen and oxygen atoms in total. The number of hydrogen-bond donors (Lipinski definition) is 1. The lowest BCUT2D eigenvalue weighted by molar-refractivity contribution is 0.0361. The largest absolute Gasteiger partial charge is 0.396 e. The highest BCUT2D eigenvalue weighted by Gasteiger charge is 2.31. The fourth-order valence-corrected chi connectivity index (χ4v) is 4.29. The van der Waals surface area contributed by atoms with E-state index in [1.54, 1.807) is 4.90 Å². The Kier molecular flexibility index (Phi) is 3.49. The topological polar surface area (TPSA) is 40.5 Å². The molecule has 1 N–H and O–H groups in total. The van der Waals surface area contributed by atoms with Crippen LogP contribution in [-0.4, -0.2) is 35.6 Å². The monoisotopic (exact) mass is 353 g/mol. The van der Waals surface area contributed by atoms with Gasteiger partial charge in [-0.1, -0.05) is 0 Å². The number of rotatable bonds is 2. The molecule has 15 heavy (non-hydrogen) atoms. The second kappa shape index (κ2) is 4.53. The Labute approximate surface area is 108 Å². The van der Waals surface area contributed by atoms with Crippen LogP contribution in [0, 0.1) is 5.92 Å². The molecule has 6 heteroatoms. The van der Waals surface area contributed by atoms with E-state index < -0.39 is 0 Å². The van der Waals surface area contributed by atoms with Crippen LogP contribution in [0.3, 0.4) is 0 Å². The molecule has 1 aliphatic rings. The molecule has 0 spiro atoms. The third-order valence-corrected chi connectivity index (χ3v) is 4.73. The highest BCUT2D eigenvalue weighted by molar-refractivity contribution is 9.12. The number of carbonyl (C=O) groups is 1. The Morgan fingerprint density at radius 2 is 2.27 bits per heavy atom. The molecule has 1 aromatic rings. The van der Waals surface area contributed by atoms with Gasteiger partial charge in [-0.3, -0.25) is 4.79 Å². The number of likely N-dealkylation sites (tertiary alicyclic amines) is 1. The summed E-state index contributed by atoms with van der Waals surface area (Å²) in [5.74, 6) is 0.295. The summed E-state index contributed by atoms with van der Waals surface area (Å²) < 4.78 is 1.80. The van der Waals surface area contributed by atoms with Crippen LogP contribution in [0.1, 0.15) is 10.4 Å². The average Bonchev–Trinajstić information content (AvgIpc) is 2.43. The van der Waals surface area contributed by atoms with E-state index in [4.69, 9.17) is 5.11 Å². The number of nitrogens with zero attached hydrogens (tertiary/aromatic N) is 1. The molecule has 82 valence electrons. The third kappa shape index (κ3) is 2.27. The quantitative estimate of drug-likeness (QED) is 0.885. The van der Waals surface area contributed by atoms with Crippen LogP contribution < -0.4 is 0 Å². The van der Waals surface area contributed by atoms with Crippen molar-refractivity contribution in [2.75, 3.05) is 19.7 Å². The molecule has 2 rings (SSSR count). The number of amides is 1. The van der Waals surface area contributed by atoms with E-state index in [-0.39, 0.29) is 18.4 Å². The molecule has 2 heterocycles. The molecule has 1 aromatic heterocycles. The highest BCUT2D eigenvalue weighted by atomic mass is 79.9. The molecule has 0 aromatic carbocycles. The van der Waals surface area contributed by atoms with Crippen LogP contribution in [0.4, 0.5) is 0 Å². The summed E-state index contributed by atoms with van der Waals surface area (Å²) in [6.45, 7) is 1.49. The van der Waals surface area contributed by atoms with E-state index in [2.05, 4.69) is 31.9 Å². The first-order valence-electron chi connectivity index (χ1n) is 4.46. The number of halogens is 2. The van der Waals surface area contributed by atoms with Crippen molar-refractivity contribution in [3.63, 3.8) is 0 Å². The minimum absolute atomic E-state index is 0.0357. The minimum Gasteiger partial charge on any atom is -0.396 e. The van der Waals surface area contributed by atoms with Gasteiger partial charge in [-0.15, -0.1) is 11.3 Å². The van der Waals surface area contributed by atoms with Crippen molar-refractivity contribution in [2.24, 2.45) is 5.92 Å². The lowest BCUT2D eigenvalue weighted by atomic mass is 10.0. The van der Waals surface area contributed by atoms with Crippen LogP contribution >= 0.6 is 43.2 Å². The maximum atomic E-state index is 11.9. The second-order valence-corrected chi connectivity index (χ2v) is 7.25. The van der Waals surface area contributed by atoms with Gasteiger partial charge in [0.15, 0.2) is 0 Å². The van der Waals surface area contributed by atoms with E-state index in [0.717, 1.165) is 7.57 Å². The number of aliphatic hydroxyl groups is 1. The average molecular weight is 355 g/mol. The first-order chi connectivity index (χ1) is 7.11. The normalized spacial score (nSPS) is 16.6. The van der Waals surface area contributed by atoms with Gasteiger partial charge in [-0.05, 0) is 37.9 Å². The van der Waals surface area contributed by atoms with Crippen molar-refractivity contribution in [3.8, 4) is 0 Å². The molecule has 0 radical (unpaired) electrons. The summed E-state index contributed by atoms with van der Waals surface area (Å²) >= 11 is 8.20. The Bertz CT molecular complexity index is 387. The molecule has 1 saturated heterocycles. The van der Waals surface area contributed by atoms with Crippen molar-refractivity contribution < 1.29 is 9.90 Å². The van der Waals surface area contributed by atoms with Gasteiger partial charge in [0.1, 0.15) is 0 Å². The predicted molar refractivity (Wildman–Crippen MR) is 66.2 cm³/mol. The van der Waals surface area contributed by atoms with Crippen LogP contribution in [0.2, 0.25) is 0 Å². The molecule has 0 saturated carbocycles. The summed E-state index contributed by atoms with van der Waals surface area (Å²) in [4.78, 5) is 13.7. The summed E-state index contributed by atoms with van der Waals surface area (Å²) in [5, 5.41) is 8.86. The Balaban J connectivity index is 2.06. The minimum atomic E-state index is 0.0357. The number of hydrogen-bond acceptors (Lipinski definition) is 3. The van der Waals surface area contributed by atoms with Gasteiger partial charge in [-0.25, -0.2) is 0 Å². The highest BCUT2D eigenvalue weighted by Crippen LogP contribution is 2.33. The van der Waals surface area contributed by atoms with Gasteiger partial charge >= 0.3 is 0 Å². The number of aliphatic hydroxyl groups excluding tert-OH is 1. The van der Waals surface area contributed by atoms with Crippen molar-refractivity contribution >= 4 is 49.1 Å². The van der Waals surface area contributed by atoms with Gasteiger partial charge < -0.3 is 10.0 Å². The van der Waals surface area contributed by atoms with Gasteiger partial charge in [0.25, 0.3) is 5.91 Å². The van der Waals surface area contributed by atoms with Gasteiger partial charge in [0, 0.05) is 25.6 Å².